The van der Waals surface area contributed by atoms with Gasteiger partial charge in [-0.3, -0.25) is 0 Å². The summed E-state index contributed by atoms with van der Waals surface area (Å²) in [6, 6.07) is 5.56. The number of hydrogen-bond donors (Lipinski definition) is 0. The summed E-state index contributed by atoms with van der Waals surface area (Å²) in [6.07, 6.45) is 0. The van der Waals surface area contributed by atoms with Gasteiger partial charge in [0.2, 0.25) is 0 Å². The number of nitrogens with zero attached hydrogens (tertiary/aromatic N) is 1. The first kappa shape index (κ1) is 10.1. The van der Waals surface area contributed by atoms with Crippen molar-refractivity contribution in [2.45, 2.75) is 0 Å². The lowest BCUT2D eigenvalue weighted by molar-refractivity contribution is 1.34. The predicted octanol–water partition coefficient (Wildman–Crippen LogP) is 3.88. The molecule has 0 bridgehead atoms. The number of halogens is 2. The molecule has 2 rings (SSSR count). The minimum atomic E-state index is 0.537. The maximum atomic E-state index is 5.77. The molecule has 1 nitrogen and oxygen atoms in total. The quantitative estimate of drug-likeness (QED) is 0.673. The van der Waals surface area contributed by atoms with E-state index in [1.807, 2.05) is 12.1 Å². The molecule has 4 radical (unpaired) electrons. The molecule has 0 aliphatic rings. The number of benzene rings is 1. The van der Waals surface area contributed by atoms with Crippen LogP contribution < -0.4 is 0 Å². The number of aromatic nitrogens is 1. The zero-order valence-electron chi connectivity index (χ0n) is 7.09. The van der Waals surface area contributed by atoms with Gasteiger partial charge in [0, 0.05) is 16.8 Å². The third-order valence-electron chi connectivity index (χ3n) is 1.97. The summed E-state index contributed by atoms with van der Waals surface area (Å²) < 4.78 is 1.58. The number of rotatable bonds is 0. The third kappa shape index (κ3) is 1.59. The van der Waals surface area contributed by atoms with Crippen molar-refractivity contribution in [3.8, 4) is 0 Å². The van der Waals surface area contributed by atoms with Crippen molar-refractivity contribution in [2.24, 2.45) is 0 Å². The van der Waals surface area contributed by atoms with Crippen LogP contribution in [0.4, 0.5) is 0 Å². The van der Waals surface area contributed by atoms with Gasteiger partial charge in [0.15, 0.2) is 0 Å². The normalized spacial score (nSPS) is 10.9. The maximum Gasteiger partial charge on any atom is 0.106 e. The lowest BCUT2D eigenvalue weighted by Gasteiger charge is -2.06. The standard InChI is InChI=1S/C11H5Br2N/c1-6-5-9-8(11(13)7(6)2)3-4-10(12)14-9/h1-5H. The highest BCUT2D eigenvalue weighted by Crippen LogP contribution is 2.29. The summed E-state index contributed by atoms with van der Waals surface area (Å²) in [5.74, 6) is 0. The molecule has 1 aromatic carbocycles. The lowest BCUT2D eigenvalue weighted by atomic mass is 10.1. The SMILES string of the molecule is [CH]c1cc2nc(Br)ccc2c(Br)c1[CH]. The van der Waals surface area contributed by atoms with Crippen molar-refractivity contribution in [2.75, 3.05) is 0 Å². The van der Waals surface area contributed by atoms with Crippen LogP contribution in [-0.2, 0) is 0 Å². The summed E-state index contributed by atoms with van der Waals surface area (Å²) in [5, 5.41) is 0.958. The molecule has 0 spiro atoms. The molecule has 0 aliphatic heterocycles. The van der Waals surface area contributed by atoms with Crippen molar-refractivity contribution in [1.29, 1.82) is 0 Å². The smallest absolute Gasteiger partial charge is 0.106 e. The molecule has 0 aliphatic carbocycles. The van der Waals surface area contributed by atoms with Crippen LogP contribution in [0.2, 0.25) is 0 Å². The van der Waals surface area contributed by atoms with E-state index in [2.05, 4.69) is 36.8 Å². The van der Waals surface area contributed by atoms with Gasteiger partial charge in [-0.2, -0.15) is 0 Å². The molecule has 0 saturated heterocycles. The van der Waals surface area contributed by atoms with Gasteiger partial charge in [0.25, 0.3) is 0 Å². The van der Waals surface area contributed by atoms with Crippen molar-refractivity contribution in [3.63, 3.8) is 0 Å². The summed E-state index contributed by atoms with van der Waals surface area (Å²) in [4.78, 5) is 4.29. The Labute approximate surface area is 99.8 Å². The number of hydrogen-bond acceptors (Lipinski definition) is 1. The van der Waals surface area contributed by atoms with E-state index in [1.54, 1.807) is 6.07 Å². The Morgan fingerprint density at radius 1 is 1.14 bits per heavy atom. The fraction of sp³-hybridized carbons (Fsp3) is 0. The second-order valence-electron chi connectivity index (χ2n) is 2.89. The Balaban J connectivity index is 2.91. The van der Waals surface area contributed by atoms with E-state index >= 15 is 0 Å². The van der Waals surface area contributed by atoms with E-state index in [9.17, 15) is 0 Å². The number of fused-ring (bicyclic) bond motifs is 1. The van der Waals surface area contributed by atoms with E-state index in [1.165, 1.54) is 0 Å². The Morgan fingerprint density at radius 3 is 2.57 bits per heavy atom. The van der Waals surface area contributed by atoms with Crippen LogP contribution in [0.15, 0.2) is 27.3 Å². The van der Waals surface area contributed by atoms with Gasteiger partial charge in [-0.25, -0.2) is 4.98 Å². The molecule has 0 N–H and O–H groups in total. The molecule has 3 heteroatoms. The van der Waals surface area contributed by atoms with Crippen molar-refractivity contribution in [1.82, 2.24) is 4.98 Å². The first-order chi connectivity index (χ1) is 6.59. The van der Waals surface area contributed by atoms with Crippen LogP contribution in [-0.4, -0.2) is 4.98 Å². The van der Waals surface area contributed by atoms with Crippen molar-refractivity contribution in [3.05, 3.63) is 52.2 Å². The third-order valence-corrected chi connectivity index (χ3v) is 3.26. The van der Waals surface area contributed by atoms with Gasteiger partial charge < -0.3 is 0 Å². The molecule has 0 fully saturated rings. The molecular weight excluding hydrogens is 306 g/mol. The molecule has 0 atom stereocenters. The monoisotopic (exact) mass is 309 g/mol. The van der Waals surface area contributed by atoms with Crippen LogP contribution in [0.1, 0.15) is 11.1 Å². The fourth-order valence-electron chi connectivity index (χ4n) is 1.24. The Kier molecular flexibility index (Phi) is 2.62. The average molecular weight is 311 g/mol. The molecule has 0 saturated carbocycles. The van der Waals surface area contributed by atoms with E-state index in [0.717, 1.165) is 20.0 Å². The summed E-state index contributed by atoms with van der Waals surface area (Å²) in [7, 11) is 0. The minimum Gasteiger partial charge on any atom is -0.241 e. The van der Waals surface area contributed by atoms with Crippen LogP contribution in [0, 0.1) is 13.8 Å². The first-order valence-electron chi connectivity index (χ1n) is 3.89. The molecule has 2 aromatic rings. The van der Waals surface area contributed by atoms with Crippen molar-refractivity contribution >= 4 is 42.8 Å². The molecular formula is C11H5Br2N. The van der Waals surface area contributed by atoms with E-state index in [0.29, 0.717) is 11.1 Å². The highest BCUT2D eigenvalue weighted by atomic mass is 79.9. The van der Waals surface area contributed by atoms with Gasteiger partial charge in [-0.1, -0.05) is 0 Å². The Morgan fingerprint density at radius 2 is 1.86 bits per heavy atom. The van der Waals surface area contributed by atoms with E-state index in [4.69, 9.17) is 13.8 Å². The lowest BCUT2D eigenvalue weighted by Crippen LogP contribution is -1.88. The highest BCUT2D eigenvalue weighted by Gasteiger charge is 2.06. The molecule has 0 unspecified atom stereocenters. The Hall–Kier alpha value is -0.410. The van der Waals surface area contributed by atoms with Crippen LogP contribution in [0.3, 0.4) is 0 Å². The second-order valence-corrected chi connectivity index (χ2v) is 4.50. The zero-order chi connectivity index (χ0) is 10.3. The van der Waals surface area contributed by atoms with E-state index in [-0.39, 0.29) is 0 Å². The van der Waals surface area contributed by atoms with Gasteiger partial charge >= 0.3 is 0 Å². The molecule has 68 valence electrons. The van der Waals surface area contributed by atoms with E-state index < -0.39 is 0 Å². The van der Waals surface area contributed by atoms with Gasteiger partial charge in [0.05, 0.1) is 5.52 Å². The minimum absolute atomic E-state index is 0.537. The number of pyridine rings is 1. The predicted molar refractivity (Wildman–Crippen MR) is 63.9 cm³/mol. The zero-order valence-corrected chi connectivity index (χ0v) is 10.3. The summed E-state index contributed by atoms with van der Waals surface area (Å²) in [5.41, 5.74) is 1.91. The second kappa shape index (κ2) is 3.63. The molecule has 1 heterocycles. The maximum absolute atomic E-state index is 5.77. The Bertz CT molecular complexity index is 506. The largest absolute Gasteiger partial charge is 0.241 e. The fourth-order valence-corrected chi connectivity index (χ4v) is 2.13. The molecule has 14 heavy (non-hydrogen) atoms. The van der Waals surface area contributed by atoms with Crippen LogP contribution in [0.5, 0.6) is 0 Å². The van der Waals surface area contributed by atoms with Crippen molar-refractivity contribution < 1.29 is 0 Å². The van der Waals surface area contributed by atoms with Gasteiger partial charge in [-0.15, -0.1) is 0 Å². The average Bonchev–Trinajstić information content (AvgIpc) is 2.14. The summed E-state index contributed by atoms with van der Waals surface area (Å²) in [6.45, 7) is 11.5. The molecule has 1 aromatic heterocycles. The summed E-state index contributed by atoms with van der Waals surface area (Å²) >= 11 is 6.70. The van der Waals surface area contributed by atoms with Gasteiger partial charge in [0.1, 0.15) is 4.60 Å². The van der Waals surface area contributed by atoms with Gasteiger partial charge in [-0.05, 0) is 68.1 Å². The highest BCUT2D eigenvalue weighted by molar-refractivity contribution is 9.11. The van der Waals surface area contributed by atoms with Crippen LogP contribution >= 0.6 is 31.9 Å². The topological polar surface area (TPSA) is 12.9 Å². The first-order valence-corrected chi connectivity index (χ1v) is 5.48. The van der Waals surface area contributed by atoms with Crippen LogP contribution in [0.25, 0.3) is 10.9 Å². The molecule has 0 amide bonds.